The zero-order valence-corrected chi connectivity index (χ0v) is 8.31. The second kappa shape index (κ2) is 3.70. The van der Waals surface area contributed by atoms with E-state index in [9.17, 15) is 10.1 Å². The Bertz CT molecular complexity index is 494. The summed E-state index contributed by atoms with van der Waals surface area (Å²) in [6.45, 7) is 0. The molecule has 0 spiro atoms. The Morgan fingerprint density at radius 1 is 1.33 bits per heavy atom. The lowest BCUT2D eigenvalue weighted by molar-refractivity contribution is -0.384. The van der Waals surface area contributed by atoms with Crippen molar-refractivity contribution in [2.24, 2.45) is 0 Å². The van der Waals surface area contributed by atoms with E-state index in [1.54, 1.807) is 12.1 Å². The molecule has 0 atom stereocenters. The first kappa shape index (κ1) is 9.66. The van der Waals surface area contributed by atoms with Crippen LogP contribution in [0, 0.1) is 10.1 Å². The molecule has 0 aliphatic heterocycles. The van der Waals surface area contributed by atoms with Crippen molar-refractivity contribution in [3.05, 3.63) is 34.4 Å². The van der Waals surface area contributed by atoms with Crippen LogP contribution in [0.4, 0.5) is 5.69 Å². The number of non-ortho nitro benzene ring substituents is 1. The number of nitro groups is 1. The molecule has 2 aromatic rings. The van der Waals surface area contributed by atoms with Crippen molar-refractivity contribution in [3.8, 4) is 11.4 Å². The molecule has 0 saturated heterocycles. The summed E-state index contributed by atoms with van der Waals surface area (Å²) in [6, 6.07) is 6.00. The Labute approximate surface area is 89.9 Å². The molecular formula is C8H6N4O2S. The maximum Gasteiger partial charge on any atom is 0.269 e. The van der Waals surface area contributed by atoms with Gasteiger partial charge >= 0.3 is 0 Å². The SMILES string of the molecule is O=[N+]([O-])c1ccc(-c2n[nH]c(S)n2)cc1. The highest BCUT2D eigenvalue weighted by Crippen LogP contribution is 2.19. The van der Waals surface area contributed by atoms with Crippen LogP contribution < -0.4 is 0 Å². The van der Waals surface area contributed by atoms with Crippen molar-refractivity contribution < 1.29 is 4.92 Å². The number of rotatable bonds is 2. The van der Waals surface area contributed by atoms with Crippen molar-refractivity contribution in [2.45, 2.75) is 5.16 Å². The largest absolute Gasteiger partial charge is 0.269 e. The van der Waals surface area contributed by atoms with Crippen LogP contribution >= 0.6 is 12.6 Å². The minimum Gasteiger partial charge on any atom is -0.258 e. The maximum absolute atomic E-state index is 10.4. The summed E-state index contributed by atoms with van der Waals surface area (Å²) in [5, 5.41) is 17.3. The zero-order chi connectivity index (χ0) is 10.8. The van der Waals surface area contributed by atoms with Gasteiger partial charge in [-0.1, -0.05) is 0 Å². The highest BCUT2D eigenvalue weighted by molar-refractivity contribution is 7.80. The van der Waals surface area contributed by atoms with Crippen LogP contribution in [-0.4, -0.2) is 20.1 Å². The second-order valence-electron chi connectivity index (χ2n) is 2.79. The van der Waals surface area contributed by atoms with Crippen molar-refractivity contribution in [1.29, 1.82) is 0 Å². The van der Waals surface area contributed by atoms with E-state index in [-0.39, 0.29) is 5.69 Å². The molecule has 0 amide bonds. The highest BCUT2D eigenvalue weighted by Gasteiger charge is 2.07. The molecule has 0 aliphatic carbocycles. The molecule has 0 saturated carbocycles. The van der Waals surface area contributed by atoms with Gasteiger partial charge in [-0.15, -0.1) is 12.6 Å². The normalized spacial score (nSPS) is 10.2. The molecule has 0 fully saturated rings. The van der Waals surface area contributed by atoms with Gasteiger partial charge in [-0.25, -0.2) is 4.98 Å². The van der Waals surface area contributed by atoms with Crippen molar-refractivity contribution in [1.82, 2.24) is 15.2 Å². The van der Waals surface area contributed by atoms with E-state index in [1.165, 1.54) is 12.1 Å². The van der Waals surface area contributed by atoms with E-state index < -0.39 is 4.92 Å². The quantitative estimate of drug-likeness (QED) is 0.460. The van der Waals surface area contributed by atoms with Crippen LogP contribution in [0.3, 0.4) is 0 Å². The summed E-state index contributed by atoms with van der Waals surface area (Å²) in [4.78, 5) is 13.9. The van der Waals surface area contributed by atoms with E-state index in [4.69, 9.17) is 0 Å². The van der Waals surface area contributed by atoms with Crippen LogP contribution in [0.5, 0.6) is 0 Å². The third-order valence-electron chi connectivity index (χ3n) is 1.81. The molecule has 1 aromatic heterocycles. The molecule has 2 rings (SSSR count). The number of aromatic nitrogens is 3. The van der Waals surface area contributed by atoms with Crippen molar-refractivity contribution >= 4 is 18.3 Å². The van der Waals surface area contributed by atoms with Crippen molar-refractivity contribution in [2.75, 3.05) is 0 Å². The Morgan fingerprint density at radius 2 is 2.00 bits per heavy atom. The molecular weight excluding hydrogens is 216 g/mol. The number of thiol groups is 1. The number of nitro benzene ring substituents is 1. The second-order valence-corrected chi connectivity index (χ2v) is 3.21. The lowest BCUT2D eigenvalue weighted by Crippen LogP contribution is -1.87. The van der Waals surface area contributed by atoms with Crippen LogP contribution in [0.2, 0.25) is 0 Å². The number of hydrogen-bond acceptors (Lipinski definition) is 5. The third kappa shape index (κ3) is 1.96. The number of aromatic amines is 1. The zero-order valence-electron chi connectivity index (χ0n) is 7.41. The van der Waals surface area contributed by atoms with Crippen LogP contribution in [-0.2, 0) is 0 Å². The predicted molar refractivity (Wildman–Crippen MR) is 55.7 cm³/mol. The number of nitrogens with zero attached hydrogens (tertiary/aromatic N) is 3. The average Bonchev–Trinajstić information content (AvgIpc) is 2.65. The number of nitrogens with one attached hydrogen (secondary N) is 1. The summed E-state index contributed by atoms with van der Waals surface area (Å²) in [6.07, 6.45) is 0. The Balaban J connectivity index is 2.35. The number of benzene rings is 1. The highest BCUT2D eigenvalue weighted by atomic mass is 32.1. The summed E-state index contributed by atoms with van der Waals surface area (Å²) in [7, 11) is 0. The number of hydrogen-bond donors (Lipinski definition) is 2. The van der Waals surface area contributed by atoms with Gasteiger partial charge in [0.2, 0.25) is 0 Å². The molecule has 15 heavy (non-hydrogen) atoms. The molecule has 0 radical (unpaired) electrons. The lowest BCUT2D eigenvalue weighted by atomic mass is 10.2. The minimum absolute atomic E-state index is 0.0420. The van der Waals surface area contributed by atoms with E-state index >= 15 is 0 Å². The fraction of sp³-hybridized carbons (Fsp3) is 0. The maximum atomic E-state index is 10.4. The minimum atomic E-state index is -0.453. The molecule has 76 valence electrons. The summed E-state index contributed by atoms with van der Waals surface area (Å²) in [5.74, 6) is 0.467. The van der Waals surface area contributed by atoms with Crippen molar-refractivity contribution in [3.63, 3.8) is 0 Å². The van der Waals surface area contributed by atoms with Gasteiger partial charge in [-0.05, 0) is 12.1 Å². The smallest absolute Gasteiger partial charge is 0.258 e. The van der Waals surface area contributed by atoms with E-state index in [2.05, 4.69) is 27.8 Å². The first-order chi connectivity index (χ1) is 7.16. The standard InChI is InChI=1S/C8H6N4O2S/c13-12(14)6-3-1-5(2-4-6)7-9-8(15)11-10-7/h1-4H,(H2,9,10,11,15). The van der Waals surface area contributed by atoms with Gasteiger partial charge in [0.15, 0.2) is 11.0 Å². The molecule has 1 aromatic carbocycles. The van der Waals surface area contributed by atoms with E-state index in [0.29, 0.717) is 16.5 Å². The number of H-pyrrole nitrogens is 1. The summed E-state index contributed by atoms with van der Waals surface area (Å²) < 4.78 is 0. The Kier molecular flexibility index (Phi) is 2.38. The van der Waals surface area contributed by atoms with Crippen LogP contribution in [0.25, 0.3) is 11.4 Å². The van der Waals surface area contributed by atoms with Gasteiger partial charge in [-0.2, -0.15) is 5.10 Å². The molecule has 0 aliphatic rings. The molecule has 0 unspecified atom stereocenters. The predicted octanol–water partition coefficient (Wildman–Crippen LogP) is 1.67. The molecule has 6 nitrogen and oxygen atoms in total. The van der Waals surface area contributed by atoms with Gasteiger partial charge in [0.25, 0.3) is 5.69 Å². The summed E-state index contributed by atoms with van der Waals surface area (Å²) in [5.41, 5.74) is 0.748. The van der Waals surface area contributed by atoms with Gasteiger partial charge in [0.1, 0.15) is 0 Å². The van der Waals surface area contributed by atoms with Gasteiger partial charge in [-0.3, -0.25) is 15.2 Å². The average molecular weight is 222 g/mol. The third-order valence-corrected chi connectivity index (χ3v) is 2.01. The summed E-state index contributed by atoms with van der Waals surface area (Å²) >= 11 is 3.97. The monoisotopic (exact) mass is 222 g/mol. The van der Waals surface area contributed by atoms with Crippen LogP contribution in [0.15, 0.2) is 29.4 Å². The lowest BCUT2D eigenvalue weighted by Gasteiger charge is -1.93. The first-order valence-corrected chi connectivity index (χ1v) is 4.48. The fourth-order valence-electron chi connectivity index (χ4n) is 1.11. The molecule has 1 heterocycles. The fourth-order valence-corrected chi connectivity index (χ4v) is 1.26. The van der Waals surface area contributed by atoms with Crippen LogP contribution in [0.1, 0.15) is 0 Å². The Hall–Kier alpha value is -1.89. The van der Waals surface area contributed by atoms with Gasteiger partial charge in [0, 0.05) is 17.7 Å². The van der Waals surface area contributed by atoms with E-state index in [0.717, 1.165) is 0 Å². The topological polar surface area (TPSA) is 84.7 Å². The Morgan fingerprint density at radius 3 is 2.47 bits per heavy atom. The molecule has 0 bridgehead atoms. The first-order valence-electron chi connectivity index (χ1n) is 4.03. The molecule has 7 heteroatoms. The van der Waals surface area contributed by atoms with Gasteiger partial charge < -0.3 is 0 Å². The molecule has 1 N–H and O–H groups in total. The van der Waals surface area contributed by atoms with E-state index in [1.807, 2.05) is 0 Å². The van der Waals surface area contributed by atoms with Gasteiger partial charge in [0.05, 0.1) is 4.92 Å².